The van der Waals surface area contributed by atoms with E-state index in [1.807, 2.05) is 41.8 Å². The Morgan fingerprint density at radius 2 is 1.94 bits per heavy atom. The van der Waals surface area contributed by atoms with E-state index in [2.05, 4.69) is 27.6 Å². The molecule has 4 rings (SSSR count). The van der Waals surface area contributed by atoms with Crippen molar-refractivity contribution >= 4 is 40.9 Å². The molecule has 0 aliphatic carbocycles. The topological polar surface area (TPSA) is 73.0 Å². The molecular weight excluding hydrogens is 491 g/mol. The van der Waals surface area contributed by atoms with Crippen LogP contribution in [0, 0.1) is 6.92 Å². The SMILES string of the molecule is Cc1ccc(-n2c(SCCCC(=O)NCCc3ccc(Cl)cc3Cl)nnc2-c2ccco2)cc1. The summed E-state index contributed by atoms with van der Waals surface area (Å²) in [6.07, 6.45) is 3.43. The van der Waals surface area contributed by atoms with Crippen molar-refractivity contribution in [3.05, 3.63) is 82.0 Å². The van der Waals surface area contributed by atoms with E-state index in [0.717, 1.165) is 28.6 Å². The van der Waals surface area contributed by atoms with E-state index in [4.69, 9.17) is 27.6 Å². The third-order valence-corrected chi connectivity index (χ3v) is 6.78. The first-order valence-electron chi connectivity index (χ1n) is 10.9. The molecule has 0 aliphatic heterocycles. The second kappa shape index (κ2) is 11.6. The molecule has 0 saturated carbocycles. The van der Waals surface area contributed by atoms with Gasteiger partial charge < -0.3 is 9.73 Å². The molecule has 0 bridgehead atoms. The maximum Gasteiger partial charge on any atom is 0.220 e. The van der Waals surface area contributed by atoms with Gasteiger partial charge in [-0.1, -0.05) is 58.7 Å². The molecule has 2 aromatic heterocycles. The van der Waals surface area contributed by atoms with Gasteiger partial charge in [-0.15, -0.1) is 10.2 Å². The van der Waals surface area contributed by atoms with Crippen molar-refractivity contribution in [3.8, 4) is 17.3 Å². The monoisotopic (exact) mass is 514 g/mol. The van der Waals surface area contributed by atoms with Gasteiger partial charge >= 0.3 is 0 Å². The fourth-order valence-corrected chi connectivity index (χ4v) is 4.79. The normalized spacial score (nSPS) is 11.0. The molecule has 34 heavy (non-hydrogen) atoms. The van der Waals surface area contributed by atoms with Gasteiger partial charge in [0.15, 0.2) is 10.9 Å². The number of benzene rings is 2. The van der Waals surface area contributed by atoms with Crippen LogP contribution in [0.25, 0.3) is 17.3 Å². The molecule has 0 fully saturated rings. The highest BCUT2D eigenvalue weighted by molar-refractivity contribution is 7.99. The Kier molecular flexibility index (Phi) is 8.32. The fourth-order valence-electron chi connectivity index (χ4n) is 3.40. The zero-order chi connectivity index (χ0) is 23.9. The van der Waals surface area contributed by atoms with E-state index in [1.165, 1.54) is 5.56 Å². The second-order valence-corrected chi connectivity index (χ2v) is 9.65. The highest BCUT2D eigenvalue weighted by atomic mass is 35.5. The minimum Gasteiger partial charge on any atom is -0.461 e. The number of nitrogens with one attached hydrogen (secondary N) is 1. The van der Waals surface area contributed by atoms with Crippen LogP contribution >= 0.6 is 35.0 Å². The van der Waals surface area contributed by atoms with Gasteiger partial charge in [0.1, 0.15) is 0 Å². The zero-order valence-electron chi connectivity index (χ0n) is 18.6. The minimum absolute atomic E-state index is 0.0157. The van der Waals surface area contributed by atoms with E-state index in [-0.39, 0.29) is 5.91 Å². The Morgan fingerprint density at radius 1 is 1.12 bits per heavy atom. The molecule has 1 N–H and O–H groups in total. The van der Waals surface area contributed by atoms with Crippen molar-refractivity contribution in [2.75, 3.05) is 12.3 Å². The third-order valence-electron chi connectivity index (χ3n) is 5.18. The highest BCUT2D eigenvalue weighted by Crippen LogP contribution is 2.29. The molecule has 0 aliphatic rings. The number of aryl methyl sites for hydroxylation is 1. The average molecular weight is 515 g/mol. The van der Waals surface area contributed by atoms with Gasteiger partial charge in [0.25, 0.3) is 0 Å². The second-order valence-electron chi connectivity index (χ2n) is 7.74. The summed E-state index contributed by atoms with van der Waals surface area (Å²) in [7, 11) is 0. The van der Waals surface area contributed by atoms with Crippen LogP contribution in [0.15, 0.2) is 70.4 Å². The standard InChI is InChI=1S/C25H24Cl2N4O2S/c1-17-6-10-20(11-7-17)31-24(22-4-2-14-33-22)29-30-25(31)34-15-3-5-23(32)28-13-12-18-8-9-19(26)16-21(18)27/h2,4,6-11,14,16H,3,5,12-13,15H2,1H3,(H,28,32). The number of aromatic nitrogens is 3. The first kappa shape index (κ1) is 24.4. The maximum atomic E-state index is 12.2. The molecule has 1 amide bonds. The Hall–Kier alpha value is -2.74. The molecule has 9 heteroatoms. The average Bonchev–Trinajstić information content (AvgIpc) is 3.49. The summed E-state index contributed by atoms with van der Waals surface area (Å²) in [4.78, 5) is 12.2. The zero-order valence-corrected chi connectivity index (χ0v) is 21.0. The number of carbonyl (C=O) groups excluding carboxylic acids is 1. The number of hydrogen-bond donors (Lipinski definition) is 1. The van der Waals surface area contributed by atoms with Crippen LogP contribution in [0.5, 0.6) is 0 Å². The summed E-state index contributed by atoms with van der Waals surface area (Å²) in [5.41, 5.74) is 3.10. The first-order chi connectivity index (χ1) is 16.5. The molecule has 176 valence electrons. The van der Waals surface area contributed by atoms with Crippen molar-refractivity contribution in [2.45, 2.75) is 31.3 Å². The van der Waals surface area contributed by atoms with Crippen LogP contribution in [-0.2, 0) is 11.2 Å². The lowest BCUT2D eigenvalue weighted by Crippen LogP contribution is -2.25. The number of rotatable bonds is 10. The number of nitrogens with zero attached hydrogens (tertiary/aromatic N) is 3. The lowest BCUT2D eigenvalue weighted by molar-refractivity contribution is -0.121. The van der Waals surface area contributed by atoms with Crippen molar-refractivity contribution < 1.29 is 9.21 Å². The Bertz CT molecular complexity index is 1240. The van der Waals surface area contributed by atoms with Crippen LogP contribution in [0.3, 0.4) is 0 Å². The molecule has 0 radical (unpaired) electrons. The maximum absolute atomic E-state index is 12.2. The largest absolute Gasteiger partial charge is 0.461 e. The molecule has 2 heterocycles. The number of amides is 1. The van der Waals surface area contributed by atoms with Crippen molar-refractivity contribution in [3.63, 3.8) is 0 Å². The molecule has 0 atom stereocenters. The summed E-state index contributed by atoms with van der Waals surface area (Å²) in [5, 5.41) is 13.7. The van der Waals surface area contributed by atoms with Gasteiger partial charge in [0, 0.05) is 34.5 Å². The Balaban J connectivity index is 1.30. The molecular formula is C25H24Cl2N4O2S. The predicted octanol–water partition coefficient (Wildman–Crippen LogP) is 6.37. The van der Waals surface area contributed by atoms with Gasteiger partial charge in [0.05, 0.1) is 6.26 Å². The quantitative estimate of drug-likeness (QED) is 0.196. The molecule has 0 saturated heterocycles. The highest BCUT2D eigenvalue weighted by Gasteiger charge is 2.18. The molecule has 0 spiro atoms. The van der Waals surface area contributed by atoms with E-state index in [0.29, 0.717) is 41.0 Å². The minimum atomic E-state index is 0.0157. The number of halogens is 2. The van der Waals surface area contributed by atoms with Gasteiger partial charge in [-0.25, -0.2) is 0 Å². The number of thioether (sulfide) groups is 1. The van der Waals surface area contributed by atoms with Crippen LogP contribution in [0.4, 0.5) is 0 Å². The number of hydrogen-bond acceptors (Lipinski definition) is 5. The summed E-state index contributed by atoms with van der Waals surface area (Å²) in [6, 6.07) is 17.3. The predicted molar refractivity (Wildman–Crippen MR) is 137 cm³/mol. The first-order valence-corrected chi connectivity index (χ1v) is 12.6. The van der Waals surface area contributed by atoms with Crippen molar-refractivity contribution in [1.29, 1.82) is 0 Å². The van der Waals surface area contributed by atoms with Gasteiger partial charge in [-0.2, -0.15) is 0 Å². The third kappa shape index (κ3) is 6.23. The summed E-state index contributed by atoms with van der Waals surface area (Å²) >= 11 is 13.7. The summed E-state index contributed by atoms with van der Waals surface area (Å²) in [5.74, 6) is 2.05. The number of carbonyl (C=O) groups is 1. The summed E-state index contributed by atoms with van der Waals surface area (Å²) in [6.45, 7) is 2.58. The number of furan rings is 1. The van der Waals surface area contributed by atoms with E-state index in [1.54, 1.807) is 30.2 Å². The fraction of sp³-hybridized carbons (Fsp3) is 0.240. The van der Waals surface area contributed by atoms with E-state index >= 15 is 0 Å². The lowest BCUT2D eigenvalue weighted by atomic mass is 10.1. The van der Waals surface area contributed by atoms with Gasteiger partial charge in [0.2, 0.25) is 11.7 Å². The Morgan fingerprint density at radius 3 is 2.68 bits per heavy atom. The summed E-state index contributed by atoms with van der Waals surface area (Å²) < 4.78 is 7.54. The van der Waals surface area contributed by atoms with Crippen molar-refractivity contribution in [1.82, 2.24) is 20.1 Å². The molecule has 0 unspecified atom stereocenters. The molecule has 4 aromatic rings. The van der Waals surface area contributed by atoms with Crippen LogP contribution < -0.4 is 5.32 Å². The van der Waals surface area contributed by atoms with E-state index < -0.39 is 0 Å². The van der Waals surface area contributed by atoms with Crippen LogP contribution in [0.1, 0.15) is 24.0 Å². The van der Waals surface area contributed by atoms with Crippen LogP contribution in [0.2, 0.25) is 10.0 Å². The van der Waals surface area contributed by atoms with Gasteiger partial charge in [-0.05, 0) is 61.7 Å². The van der Waals surface area contributed by atoms with Gasteiger partial charge in [-0.3, -0.25) is 9.36 Å². The lowest BCUT2D eigenvalue weighted by Gasteiger charge is -2.10. The smallest absolute Gasteiger partial charge is 0.220 e. The molecule has 2 aromatic carbocycles. The Labute approximate surface area is 212 Å². The van der Waals surface area contributed by atoms with E-state index in [9.17, 15) is 4.79 Å². The molecule has 6 nitrogen and oxygen atoms in total. The van der Waals surface area contributed by atoms with Crippen molar-refractivity contribution in [2.24, 2.45) is 0 Å². The van der Waals surface area contributed by atoms with Crippen LogP contribution in [-0.4, -0.2) is 33.0 Å².